The normalized spacial score (nSPS) is 20.8. The highest BCUT2D eigenvalue weighted by atomic mass is 35.5. The average molecular weight is 432 g/mol. The summed E-state index contributed by atoms with van der Waals surface area (Å²) >= 11 is 1.46. The van der Waals surface area contributed by atoms with E-state index < -0.39 is 0 Å². The lowest BCUT2D eigenvalue weighted by atomic mass is 10.00. The topological polar surface area (TPSA) is 72.5 Å². The summed E-state index contributed by atoms with van der Waals surface area (Å²) < 4.78 is 11.2. The van der Waals surface area contributed by atoms with Crippen molar-refractivity contribution < 1.29 is 14.3 Å². The van der Waals surface area contributed by atoms with Crippen molar-refractivity contribution in [3.63, 3.8) is 0 Å². The zero-order chi connectivity index (χ0) is 17.2. The summed E-state index contributed by atoms with van der Waals surface area (Å²) in [5, 5.41) is 9.10. The number of rotatable bonds is 3. The predicted molar refractivity (Wildman–Crippen MR) is 111 cm³/mol. The molecule has 0 aliphatic carbocycles. The first-order valence-corrected chi connectivity index (χ1v) is 9.48. The van der Waals surface area contributed by atoms with E-state index in [-0.39, 0.29) is 42.8 Å². The minimum Gasteiger partial charge on any atom is -0.486 e. The fraction of sp³-hybridized carbons (Fsp3) is 0.444. The Morgan fingerprint density at radius 1 is 1.26 bits per heavy atom. The Hall–Kier alpha value is -1.54. The smallest absolute Gasteiger partial charge is 0.271 e. The standard InChI is InChI=1S/C18H21N3O3S.2ClH/c1-11-13(3-2-6-19-11)20-17(22)14-10-25-18(21-14)12-4-5-15-16(9-12)24-8-7-23-15;;/h4-5,9-11,13,19H,2-3,6-8H2,1H3,(H,20,22);2*1H. The van der Waals surface area contributed by atoms with Crippen molar-refractivity contribution in [3.05, 3.63) is 29.3 Å². The molecule has 0 bridgehead atoms. The quantitative estimate of drug-likeness (QED) is 0.779. The van der Waals surface area contributed by atoms with Gasteiger partial charge in [-0.3, -0.25) is 4.79 Å². The second-order valence-electron chi connectivity index (χ2n) is 6.36. The highest BCUT2D eigenvalue weighted by Crippen LogP contribution is 2.35. The SMILES string of the molecule is CC1NCCCC1NC(=O)c1csc(-c2ccc3c(c2)OCCO3)n1.Cl.Cl. The molecular formula is C18H23Cl2N3O3S. The molecule has 1 amide bonds. The average Bonchev–Trinajstić information content (AvgIpc) is 3.13. The van der Waals surface area contributed by atoms with Gasteiger partial charge >= 0.3 is 0 Å². The maximum Gasteiger partial charge on any atom is 0.271 e. The first-order valence-electron chi connectivity index (χ1n) is 8.60. The summed E-state index contributed by atoms with van der Waals surface area (Å²) in [5.41, 5.74) is 1.40. The Balaban J connectivity index is 0.00000131. The van der Waals surface area contributed by atoms with E-state index in [1.807, 2.05) is 23.6 Å². The maximum absolute atomic E-state index is 12.5. The number of benzene rings is 1. The van der Waals surface area contributed by atoms with Crippen molar-refractivity contribution in [1.82, 2.24) is 15.6 Å². The van der Waals surface area contributed by atoms with Gasteiger partial charge in [-0.05, 0) is 44.5 Å². The van der Waals surface area contributed by atoms with Gasteiger partial charge in [0.05, 0.1) is 0 Å². The number of nitrogens with zero attached hydrogens (tertiary/aromatic N) is 1. The lowest BCUT2D eigenvalue weighted by Gasteiger charge is -2.30. The number of amides is 1. The van der Waals surface area contributed by atoms with Crippen LogP contribution in [-0.4, -0.2) is 42.7 Å². The number of hydrogen-bond acceptors (Lipinski definition) is 6. The van der Waals surface area contributed by atoms with Gasteiger partial charge in [-0.25, -0.2) is 4.98 Å². The highest BCUT2D eigenvalue weighted by Gasteiger charge is 2.24. The Morgan fingerprint density at radius 3 is 2.81 bits per heavy atom. The second kappa shape index (κ2) is 9.59. The van der Waals surface area contributed by atoms with Crippen LogP contribution in [-0.2, 0) is 0 Å². The summed E-state index contributed by atoms with van der Waals surface area (Å²) in [4.78, 5) is 17.0. The monoisotopic (exact) mass is 431 g/mol. The number of aromatic nitrogens is 1. The van der Waals surface area contributed by atoms with Crippen LogP contribution in [0, 0.1) is 0 Å². The minimum atomic E-state index is -0.111. The molecule has 148 valence electrons. The number of thiazole rings is 1. The zero-order valence-electron chi connectivity index (χ0n) is 14.9. The van der Waals surface area contributed by atoms with Crippen LogP contribution in [0.4, 0.5) is 0 Å². The molecule has 0 radical (unpaired) electrons. The van der Waals surface area contributed by atoms with E-state index in [0.29, 0.717) is 18.9 Å². The minimum absolute atomic E-state index is 0. The first-order chi connectivity index (χ1) is 12.2. The molecule has 2 aliphatic heterocycles. The molecule has 2 atom stereocenters. The van der Waals surface area contributed by atoms with Gasteiger partial charge in [-0.15, -0.1) is 36.2 Å². The number of fused-ring (bicyclic) bond motifs is 1. The fourth-order valence-electron chi connectivity index (χ4n) is 3.17. The van der Waals surface area contributed by atoms with Gasteiger partial charge < -0.3 is 20.1 Å². The Kier molecular flexibility index (Phi) is 7.73. The van der Waals surface area contributed by atoms with Crippen LogP contribution in [0.25, 0.3) is 10.6 Å². The number of carbonyl (C=O) groups is 1. The molecule has 2 aromatic rings. The number of ether oxygens (including phenoxy) is 2. The maximum atomic E-state index is 12.5. The number of hydrogen-bond donors (Lipinski definition) is 2. The van der Waals surface area contributed by atoms with Crippen LogP contribution >= 0.6 is 36.2 Å². The molecule has 1 aromatic heterocycles. The lowest BCUT2D eigenvalue weighted by molar-refractivity contribution is 0.0915. The largest absolute Gasteiger partial charge is 0.486 e. The molecule has 4 rings (SSSR count). The van der Waals surface area contributed by atoms with E-state index in [2.05, 4.69) is 22.5 Å². The molecule has 6 nitrogen and oxygen atoms in total. The number of carbonyl (C=O) groups excluding carboxylic acids is 1. The van der Waals surface area contributed by atoms with Crippen LogP contribution in [0.2, 0.25) is 0 Å². The van der Waals surface area contributed by atoms with Crippen LogP contribution in [0.1, 0.15) is 30.3 Å². The first kappa shape index (κ1) is 21.8. The van der Waals surface area contributed by atoms with E-state index >= 15 is 0 Å². The second-order valence-corrected chi connectivity index (χ2v) is 7.22. The lowest BCUT2D eigenvalue weighted by Crippen LogP contribution is -2.51. The Morgan fingerprint density at radius 2 is 2.04 bits per heavy atom. The Bertz CT molecular complexity index is 787. The van der Waals surface area contributed by atoms with Crippen molar-refractivity contribution >= 4 is 42.1 Å². The van der Waals surface area contributed by atoms with Crippen molar-refractivity contribution in [2.45, 2.75) is 31.8 Å². The van der Waals surface area contributed by atoms with Crippen LogP contribution in [0.3, 0.4) is 0 Å². The van der Waals surface area contributed by atoms with Crippen LogP contribution in [0.5, 0.6) is 11.5 Å². The predicted octanol–water partition coefficient (Wildman–Crippen LogP) is 3.30. The zero-order valence-corrected chi connectivity index (χ0v) is 17.3. The molecule has 0 saturated carbocycles. The number of halogens is 2. The van der Waals surface area contributed by atoms with Gasteiger partial charge in [-0.1, -0.05) is 0 Å². The molecule has 1 aromatic carbocycles. The Labute approximate surface area is 174 Å². The third-order valence-electron chi connectivity index (χ3n) is 4.60. The van der Waals surface area contributed by atoms with Gasteiger partial charge in [0.15, 0.2) is 11.5 Å². The third kappa shape index (κ3) is 4.85. The van der Waals surface area contributed by atoms with E-state index in [1.165, 1.54) is 11.3 Å². The van der Waals surface area contributed by atoms with Crippen LogP contribution < -0.4 is 20.1 Å². The molecule has 1 fully saturated rings. The third-order valence-corrected chi connectivity index (χ3v) is 5.50. The van der Waals surface area contributed by atoms with Crippen molar-refractivity contribution in [2.24, 2.45) is 0 Å². The molecule has 0 spiro atoms. The van der Waals surface area contributed by atoms with Crippen molar-refractivity contribution in [2.75, 3.05) is 19.8 Å². The fourth-order valence-corrected chi connectivity index (χ4v) is 3.97. The summed E-state index contributed by atoms with van der Waals surface area (Å²) in [6.07, 6.45) is 2.08. The van der Waals surface area contributed by atoms with Crippen LogP contribution in [0.15, 0.2) is 23.6 Å². The molecule has 2 N–H and O–H groups in total. The summed E-state index contributed by atoms with van der Waals surface area (Å²) in [6, 6.07) is 6.19. The number of piperidine rings is 1. The van der Waals surface area contributed by atoms with Gasteiger partial charge in [0.25, 0.3) is 5.91 Å². The summed E-state index contributed by atoms with van der Waals surface area (Å²) in [6.45, 7) is 4.24. The molecule has 2 unspecified atom stereocenters. The molecule has 1 saturated heterocycles. The molecular weight excluding hydrogens is 409 g/mol. The van der Waals surface area contributed by atoms with E-state index in [1.54, 1.807) is 0 Å². The van der Waals surface area contributed by atoms with Gasteiger partial charge in [0, 0.05) is 23.0 Å². The van der Waals surface area contributed by atoms with Gasteiger partial charge in [0.1, 0.15) is 23.9 Å². The summed E-state index contributed by atoms with van der Waals surface area (Å²) in [5.74, 6) is 1.37. The van der Waals surface area contributed by atoms with E-state index in [4.69, 9.17) is 9.47 Å². The molecule has 2 aliphatic rings. The molecule has 3 heterocycles. The van der Waals surface area contributed by atoms with Crippen molar-refractivity contribution in [3.8, 4) is 22.1 Å². The van der Waals surface area contributed by atoms with E-state index in [9.17, 15) is 4.79 Å². The van der Waals surface area contributed by atoms with Crippen molar-refractivity contribution in [1.29, 1.82) is 0 Å². The molecule has 27 heavy (non-hydrogen) atoms. The van der Waals surface area contributed by atoms with Gasteiger partial charge in [-0.2, -0.15) is 0 Å². The highest BCUT2D eigenvalue weighted by molar-refractivity contribution is 7.13. The summed E-state index contributed by atoms with van der Waals surface area (Å²) in [7, 11) is 0. The number of nitrogens with one attached hydrogen (secondary N) is 2. The van der Waals surface area contributed by atoms with E-state index in [0.717, 1.165) is 41.5 Å². The van der Waals surface area contributed by atoms with Gasteiger partial charge in [0.2, 0.25) is 0 Å². The molecule has 9 heteroatoms.